The minimum Gasteiger partial charge on any atom is -0.437 e. The quantitative estimate of drug-likeness (QED) is 0.413. The van der Waals surface area contributed by atoms with Crippen molar-refractivity contribution in [2.45, 2.75) is 32.5 Å². The number of carbonyl (C=O) groups is 1. The van der Waals surface area contributed by atoms with E-state index < -0.39 is 17.6 Å². The van der Waals surface area contributed by atoms with Crippen LogP contribution < -0.4 is 29.9 Å². The summed E-state index contributed by atoms with van der Waals surface area (Å²) in [6, 6.07) is 5.99. The summed E-state index contributed by atoms with van der Waals surface area (Å²) in [6.07, 6.45) is 0.616. The molecule has 0 aliphatic carbocycles. The third-order valence-electron chi connectivity index (χ3n) is 6.03. The van der Waals surface area contributed by atoms with Gasteiger partial charge < -0.3 is 20.6 Å². The number of halogens is 3. The number of nitrogens with zero attached hydrogens (tertiary/aromatic N) is 5. The largest absolute Gasteiger partial charge is 1.00 e. The molecule has 3 aromatic heterocycles. The number of nitrogens with one attached hydrogen (secondary N) is 1. The number of carbonyl (C=O) groups excluding carboxylic acids is 1. The average molecular weight is 492 g/mol. The van der Waals surface area contributed by atoms with Gasteiger partial charge in [-0.15, -0.1) is 0 Å². The van der Waals surface area contributed by atoms with Crippen LogP contribution in [-0.2, 0) is 6.18 Å². The van der Waals surface area contributed by atoms with E-state index in [4.69, 9.17) is 5.73 Å². The normalized spacial score (nSPS) is 14.6. The molecule has 2 amide bonds. The number of amides is 2. The van der Waals surface area contributed by atoms with Gasteiger partial charge in [0.1, 0.15) is 5.82 Å². The zero-order chi connectivity index (χ0) is 25.3. The Morgan fingerprint density at radius 1 is 1.25 bits per heavy atom. The maximum Gasteiger partial charge on any atom is 1.00 e. The maximum absolute atomic E-state index is 13.2. The van der Waals surface area contributed by atoms with E-state index >= 15 is 0 Å². The van der Waals surface area contributed by atoms with Crippen molar-refractivity contribution in [2.24, 2.45) is 5.92 Å². The third-order valence-corrected chi connectivity index (χ3v) is 6.03. The van der Waals surface area contributed by atoms with Gasteiger partial charge in [0.2, 0.25) is 0 Å². The van der Waals surface area contributed by atoms with Gasteiger partial charge in [-0.1, -0.05) is 20.3 Å². The molecule has 8 nitrogen and oxygen atoms in total. The minimum absolute atomic E-state index is 0. The summed E-state index contributed by atoms with van der Waals surface area (Å²) < 4.78 is 41.1. The number of urea groups is 1. The van der Waals surface area contributed by atoms with Crippen LogP contribution in [0.25, 0.3) is 11.3 Å². The first-order valence-electron chi connectivity index (χ1n) is 11.1. The molecule has 3 aromatic rings. The van der Waals surface area contributed by atoms with E-state index in [1.165, 1.54) is 10.9 Å². The summed E-state index contributed by atoms with van der Waals surface area (Å²) >= 11 is 0. The molecule has 4 heterocycles. The van der Waals surface area contributed by atoms with Gasteiger partial charge in [-0.05, 0) is 41.9 Å². The van der Waals surface area contributed by atoms with Gasteiger partial charge in [-0.2, -0.15) is 20.2 Å². The van der Waals surface area contributed by atoms with Gasteiger partial charge in [0, 0.05) is 30.7 Å². The Hall–Kier alpha value is -3.29. The van der Waals surface area contributed by atoms with E-state index in [9.17, 15) is 18.0 Å². The molecule has 1 aliphatic heterocycles. The number of pyridine rings is 2. The van der Waals surface area contributed by atoms with E-state index in [-0.39, 0.29) is 42.4 Å². The Bertz CT molecular complexity index is 1200. The summed E-state index contributed by atoms with van der Waals surface area (Å²) in [7, 11) is 3.87. The molecule has 0 bridgehead atoms. The van der Waals surface area contributed by atoms with Crippen molar-refractivity contribution in [3.63, 3.8) is 0 Å². The van der Waals surface area contributed by atoms with E-state index in [0.717, 1.165) is 17.5 Å². The fourth-order valence-electron chi connectivity index (χ4n) is 4.16. The van der Waals surface area contributed by atoms with Crippen LogP contribution in [0.4, 0.5) is 23.8 Å². The molecule has 0 radical (unpaired) electrons. The first kappa shape index (κ1) is 27.3. The van der Waals surface area contributed by atoms with Crippen molar-refractivity contribution in [1.29, 1.82) is 0 Å². The number of rotatable bonds is 5. The fraction of sp³-hybridized carbons (Fsp3) is 0.333. The number of hydrogen-bond acceptors (Lipinski definition) is 5. The second-order valence-electron chi connectivity index (χ2n) is 8.80. The van der Waals surface area contributed by atoms with E-state index in [2.05, 4.69) is 27.4 Å². The number of hydrogen-bond donors (Lipinski definition) is 2. The Morgan fingerprint density at radius 3 is 2.58 bits per heavy atom. The van der Waals surface area contributed by atoms with Gasteiger partial charge in [0.25, 0.3) is 0 Å². The molecular formula is C24H26F3LiN7O-. The van der Waals surface area contributed by atoms with Crippen molar-refractivity contribution in [2.75, 3.05) is 18.8 Å². The van der Waals surface area contributed by atoms with E-state index in [1.807, 2.05) is 26.0 Å². The number of nitrogens with two attached hydrogens (primary N) is 1. The van der Waals surface area contributed by atoms with Crippen LogP contribution in [0, 0.1) is 18.9 Å². The van der Waals surface area contributed by atoms with Crippen molar-refractivity contribution in [3.05, 3.63) is 72.6 Å². The van der Waals surface area contributed by atoms with Crippen LogP contribution in [0.3, 0.4) is 0 Å². The fourth-order valence-corrected chi connectivity index (χ4v) is 4.16. The van der Waals surface area contributed by atoms with Crippen LogP contribution in [0.5, 0.6) is 0 Å². The summed E-state index contributed by atoms with van der Waals surface area (Å²) in [4.78, 5) is 22.4. The molecule has 0 saturated carbocycles. The number of likely N-dealkylation sites (tertiary alicyclic amines) is 1. The Balaban J connectivity index is 0.00000361. The summed E-state index contributed by atoms with van der Waals surface area (Å²) in [5, 5.41) is 7.37. The van der Waals surface area contributed by atoms with Crippen molar-refractivity contribution in [3.8, 4) is 11.3 Å². The van der Waals surface area contributed by atoms with Crippen LogP contribution in [0.1, 0.15) is 43.1 Å². The standard InChI is InChI=1S/C24H26F3N7O.Li/c1-14(2)21(15-4-7-29-8-5-15)31-23(35)34-9-6-16(13-34)20-11-19(32-33(20)3)17-10-18(24(25,26)27)22(28)30-12-17;/h4-5,7-8,10-12,14,21H,3,6,9,13H2,1-2H3,(H2,28,30)(H,31,35);/q-2;+1. The predicted octanol–water partition coefficient (Wildman–Crippen LogP) is 1.32. The molecule has 3 N–H and O–H groups in total. The van der Waals surface area contributed by atoms with Crippen LogP contribution in [0.15, 0.2) is 42.9 Å². The van der Waals surface area contributed by atoms with Crippen molar-refractivity contribution >= 4 is 11.8 Å². The zero-order valence-electron chi connectivity index (χ0n) is 20.4. The molecule has 0 aromatic carbocycles. The molecular weight excluding hydrogens is 466 g/mol. The molecule has 1 unspecified atom stereocenters. The van der Waals surface area contributed by atoms with Crippen molar-refractivity contribution in [1.82, 2.24) is 30.0 Å². The van der Waals surface area contributed by atoms with E-state index in [0.29, 0.717) is 30.9 Å². The third kappa shape index (κ3) is 5.74. The molecule has 12 heteroatoms. The molecule has 1 saturated heterocycles. The molecule has 1 fully saturated rings. The summed E-state index contributed by atoms with van der Waals surface area (Å²) in [5.41, 5.74) is 6.49. The number of aromatic nitrogens is 4. The minimum atomic E-state index is -4.62. The zero-order valence-corrected chi connectivity index (χ0v) is 20.4. The first-order chi connectivity index (χ1) is 16.5. The van der Waals surface area contributed by atoms with Crippen LogP contribution in [0.2, 0.25) is 0 Å². The monoisotopic (exact) mass is 492 g/mol. The Morgan fingerprint density at radius 2 is 1.94 bits per heavy atom. The molecule has 1 aliphatic rings. The second kappa shape index (κ2) is 10.8. The molecule has 1 atom stereocenters. The smallest absolute Gasteiger partial charge is 0.437 e. The van der Waals surface area contributed by atoms with Gasteiger partial charge in [-0.25, -0.2) is 26.6 Å². The number of alkyl halides is 3. The molecule has 36 heavy (non-hydrogen) atoms. The van der Waals surface area contributed by atoms with Gasteiger partial charge in [0.05, 0.1) is 11.6 Å². The van der Waals surface area contributed by atoms with E-state index in [1.54, 1.807) is 23.4 Å². The van der Waals surface area contributed by atoms with Crippen LogP contribution in [-0.4, -0.2) is 43.8 Å². The topological polar surface area (TPSA) is 102 Å². The predicted molar refractivity (Wildman–Crippen MR) is 125 cm³/mol. The number of anilines is 1. The summed E-state index contributed by atoms with van der Waals surface area (Å²) in [5.74, 6) is 0.499. The molecule has 4 rings (SSSR count). The summed E-state index contributed by atoms with van der Waals surface area (Å²) in [6.45, 7) is 4.93. The average Bonchev–Trinajstić information content (AvgIpc) is 3.44. The van der Waals surface area contributed by atoms with Crippen LogP contribution >= 0.6 is 0 Å². The second-order valence-corrected chi connectivity index (χ2v) is 8.80. The van der Waals surface area contributed by atoms with Gasteiger partial charge in [0.15, 0.2) is 0 Å². The SMILES string of the molecule is [CH2-]n1nc(-c2cnc(N)c(C(F)(F)F)c2)cc1[C-]1CCN(C(=O)NC(c2ccncc2)C(C)C)C1.[Li+]. The first-order valence-corrected chi connectivity index (χ1v) is 11.1. The van der Waals surface area contributed by atoms with Crippen molar-refractivity contribution < 1.29 is 36.8 Å². The Labute approximate surface area is 219 Å². The number of nitrogen functional groups attached to an aromatic ring is 1. The van der Waals surface area contributed by atoms with Gasteiger partial charge >= 0.3 is 31.1 Å². The van der Waals surface area contributed by atoms with Gasteiger partial charge in [-0.3, -0.25) is 10.9 Å². The maximum atomic E-state index is 13.2. The molecule has 186 valence electrons. The molecule has 0 spiro atoms. The Kier molecular flexibility index (Phi) is 8.16.